The summed E-state index contributed by atoms with van der Waals surface area (Å²) in [5, 5.41) is -2.30. The maximum atomic E-state index is 5.47. The highest BCUT2D eigenvalue weighted by molar-refractivity contribution is 8.22. The van der Waals surface area contributed by atoms with Gasteiger partial charge in [-0.25, -0.2) is 0 Å². The molecule has 0 aromatic carbocycles. The van der Waals surface area contributed by atoms with Gasteiger partial charge in [-0.1, -0.05) is 46.4 Å². The van der Waals surface area contributed by atoms with Crippen LogP contribution in [0.5, 0.6) is 0 Å². The van der Waals surface area contributed by atoms with E-state index in [1.165, 1.54) is 0 Å². The topological polar surface area (TPSA) is 18.5 Å². The molecule has 0 rings (SSSR count). The van der Waals surface area contributed by atoms with Crippen LogP contribution in [-0.2, 0) is 20.9 Å². The molecule has 0 aliphatic carbocycles. The van der Waals surface area contributed by atoms with Crippen molar-refractivity contribution in [3.8, 4) is 0 Å². The molecule has 0 spiro atoms. The summed E-state index contributed by atoms with van der Waals surface area (Å²) >= 11 is 30.9. The van der Waals surface area contributed by atoms with Crippen LogP contribution in [0.1, 0.15) is 0 Å². The van der Waals surface area contributed by atoms with Crippen LogP contribution in [0.2, 0.25) is 0 Å². The molecule has 0 aromatic rings. The highest BCUT2D eigenvalue weighted by atomic mass is 35.7. The third-order valence-corrected chi connectivity index (χ3v) is 3.18. The molecule has 0 amide bonds. The summed E-state index contributed by atoms with van der Waals surface area (Å²) in [6.45, 7) is 0. The fourth-order valence-electron chi connectivity index (χ4n) is 0.215. The van der Waals surface area contributed by atoms with Gasteiger partial charge in [0, 0.05) is 0 Å². The van der Waals surface area contributed by atoms with E-state index in [1.54, 1.807) is 0 Å². The van der Waals surface area contributed by atoms with Crippen molar-refractivity contribution in [1.82, 2.24) is 0 Å². The average Bonchev–Trinajstić information content (AvgIpc) is 1.53. The molecule has 9 heteroatoms. The Hall–Kier alpha value is 2.02. The number of halogens is 5. The lowest BCUT2D eigenvalue weighted by molar-refractivity contribution is 0.292. The van der Waals surface area contributed by atoms with Gasteiger partial charge in [-0.3, -0.25) is 9.05 Å². The van der Waals surface area contributed by atoms with Crippen molar-refractivity contribution in [3.05, 3.63) is 0 Å². The van der Waals surface area contributed by atoms with Crippen molar-refractivity contribution >= 4 is 75.3 Å². The second kappa shape index (κ2) is 5.69. The third-order valence-electron chi connectivity index (χ3n) is 0.411. The Morgan fingerprint density at radius 1 is 1.00 bits per heavy atom. The summed E-state index contributed by atoms with van der Waals surface area (Å²) in [6, 6.07) is 0. The molecule has 0 heterocycles. The first kappa shape index (κ1) is 13.0. The van der Waals surface area contributed by atoms with Gasteiger partial charge in [-0.2, -0.15) is 0 Å². The Balaban J connectivity index is 3.91. The minimum Gasteiger partial charge on any atom is -0.283 e. The van der Waals surface area contributed by atoms with Crippen molar-refractivity contribution in [3.63, 3.8) is 0 Å². The van der Waals surface area contributed by atoms with E-state index in [4.69, 9.17) is 57.6 Å². The summed E-state index contributed by atoms with van der Waals surface area (Å²) in [5.41, 5.74) is 0. The van der Waals surface area contributed by atoms with Crippen molar-refractivity contribution in [2.45, 2.75) is 10.0 Å². The molecule has 11 heavy (non-hydrogen) atoms. The average molecular weight is 298 g/mol. The Bertz CT molecular complexity index is 149. The normalized spacial score (nSPS) is 13.0. The van der Waals surface area contributed by atoms with Crippen LogP contribution in [0.3, 0.4) is 0 Å². The molecule has 68 valence electrons. The van der Waals surface area contributed by atoms with Crippen LogP contribution < -0.4 is 0 Å². The zero-order valence-electron chi connectivity index (χ0n) is 4.72. The third kappa shape index (κ3) is 8.35. The van der Waals surface area contributed by atoms with E-state index in [2.05, 4.69) is 20.9 Å². The molecule has 0 fully saturated rings. The Morgan fingerprint density at radius 3 is 1.45 bits per heavy atom. The summed E-state index contributed by atoms with van der Waals surface area (Å²) < 4.78 is 9.16. The van der Waals surface area contributed by atoms with Gasteiger partial charge < -0.3 is 0 Å². The Labute approximate surface area is 93.9 Å². The first-order chi connectivity index (χ1) is 4.83. The van der Waals surface area contributed by atoms with Crippen molar-refractivity contribution in [1.29, 1.82) is 0 Å². The minimum absolute atomic E-state index is 1.15. The van der Waals surface area contributed by atoms with Crippen LogP contribution in [0, 0.1) is 0 Å². The van der Waals surface area contributed by atoms with Crippen LogP contribution in [-0.4, -0.2) is 10.0 Å². The second-order valence-electron chi connectivity index (χ2n) is 1.16. The first-order valence-corrected chi connectivity index (χ1v) is 7.35. The molecule has 0 radical (unpaired) electrons. The molecule has 0 bridgehead atoms. The van der Waals surface area contributed by atoms with Gasteiger partial charge in [-0.15, -0.1) is 0 Å². The van der Waals surface area contributed by atoms with Gasteiger partial charge in [0.1, 0.15) is 0 Å². The van der Waals surface area contributed by atoms with Gasteiger partial charge in [0.15, 0.2) is 0 Å². The molecule has 0 aliphatic rings. The maximum Gasteiger partial charge on any atom is 0.286 e. The summed E-state index contributed by atoms with van der Waals surface area (Å²) in [4.78, 5) is 0. The van der Waals surface area contributed by atoms with Gasteiger partial charge in [0.2, 0.25) is 10.0 Å². The zero-order chi connectivity index (χ0) is 9.07. The van der Waals surface area contributed by atoms with Crippen molar-refractivity contribution in [2.75, 3.05) is 0 Å². The zero-order valence-corrected chi connectivity index (χ0v) is 10.2. The van der Waals surface area contributed by atoms with Crippen LogP contribution in [0.15, 0.2) is 0 Å². The predicted octanol–water partition coefficient (Wildman–Crippen LogP) is 4.01. The predicted molar refractivity (Wildman–Crippen MR) is 53.3 cm³/mol. The Morgan fingerprint density at radius 2 is 1.27 bits per heavy atom. The summed E-state index contributed by atoms with van der Waals surface area (Å²) in [7, 11) is 0. The highest BCUT2D eigenvalue weighted by Crippen LogP contribution is 2.57. The molecular weight excluding hydrogens is 296 g/mol. The van der Waals surface area contributed by atoms with Crippen LogP contribution in [0.25, 0.3) is 0 Å². The molecule has 0 aromatic heterocycles. The molecule has 0 unspecified atom stereocenters. The highest BCUT2D eigenvalue weighted by Gasteiger charge is 2.21. The molecule has 0 saturated heterocycles. The van der Waals surface area contributed by atoms with E-state index < -0.39 is 15.9 Å². The fourth-order valence-corrected chi connectivity index (χ4v) is 4.04. The van der Waals surface area contributed by atoms with E-state index in [0.717, 1.165) is 0 Å². The van der Waals surface area contributed by atoms with Gasteiger partial charge in [0.25, 0.3) is 5.84 Å². The lowest BCUT2D eigenvalue weighted by Crippen LogP contribution is -1.97. The van der Waals surface area contributed by atoms with E-state index in [9.17, 15) is 0 Å². The number of hydrogen-bond acceptors (Lipinski definition) is 3. The van der Waals surface area contributed by atoms with E-state index in [1.807, 2.05) is 0 Å². The molecule has 2 nitrogen and oxygen atoms in total. The number of alkyl halides is 4. The van der Waals surface area contributed by atoms with Crippen LogP contribution in [0.4, 0.5) is 0 Å². The maximum absolute atomic E-state index is 5.47. The van der Waals surface area contributed by atoms with Gasteiger partial charge in [-0.05, 0) is 23.0 Å². The monoisotopic (exact) mass is 296 g/mol. The Kier molecular flexibility index (Phi) is 6.73. The fraction of sp³-hybridized carbons (Fsp3) is 1.00. The first-order valence-electron chi connectivity index (χ1n) is 2.06. The minimum atomic E-state index is -3.03. The molecule has 0 atom stereocenters. The van der Waals surface area contributed by atoms with Crippen molar-refractivity contribution < 1.29 is 9.05 Å². The molecule has 0 aliphatic heterocycles. The largest absolute Gasteiger partial charge is 0.286 e. The van der Waals surface area contributed by atoms with Crippen LogP contribution >= 0.6 is 63.5 Å². The summed E-state index contributed by atoms with van der Waals surface area (Å²) in [6.07, 6.45) is 0. The van der Waals surface area contributed by atoms with E-state index in [0.29, 0.717) is 0 Å². The SMILES string of the molecule is S=P(Cl)(OC(Cl)Cl)OC(Cl)Cl. The quantitative estimate of drug-likeness (QED) is 0.577. The number of hydrogen-bond donors (Lipinski definition) is 0. The van der Waals surface area contributed by atoms with E-state index >= 15 is 0 Å². The molecular formula is C2H2Cl5O2PS. The van der Waals surface area contributed by atoms with Gasteiger partial charge >= 0.3 is 0 Å². The lowest BCUT2D eigenvalue weighted by atomic mass is 11.7. The standard InChI is InChI=1S/C2H2Cl5O2PS/c3-1(4)8-10(7,11)9-2(5)6/h1-2H. The second-order valence-corrected chi connectivity index (χ2v) is 7.86. The van der Waals surface area contributed by atoms with Gasteiger partial charge in [0.05, 0.1) is 0 Å². The number of rotatable bonds is 4. The lowest BCUT2D eigenvalue weighted by Gasteiger charge is -2.15. The summed E-state index contributed by atoms with van der Waals surface area (Å²) in [5.74, 6) is -3.03. The molecule has 0 N–H and O–H groups in total. The van der Waals surface area contributed by atoms with Crippen molar-refractivity contribution in [2.24, 2.45) is 0 Å². The smallest absolute Gasteiger partial charge is 0.283 e. The molecule has 0 saturated carbocycles. The van der Waals surface area contributed by atoms with E-state index in [-0.39, 0.29) is 0 Å².